The highest BCUT2D eigenvalue weighted by atomic mass is 16.4. The Morgan fingerprint density at radius 2 is 1.45 bits per heavy atom. The van der Waals surface area contributed by atoms with Gasteiger partial charge in [-0.2, -0.15) is 0 Å². The van der Waals surface area contributed by atoms with E-state index < -0.39 is 60.2 Å². The van der Waals surface area contributed by atoms with Crippen LogP contribution < -0.4 is 27.4 Å². The molecule has 0 radical (unpaired) electrons. The van der Waals surface area contributed by atoms with Gasteiger partial charge in [0, 0.05) is 6.42 Å². The lowest BCUT2D eigenvalue weighted by Crippen LogP contribution is -2.58. The van der Waals surface area contributed by atoms with E-state index in [0.717, 1.165) is 5.56 Å². The molecule has 8 N–H and O–H groups in total. The maximum atomic E-state index is 13.0. The van der Waals surface area contributed by atoms with Crippen LogP contribution >= 0.6 is 0 Å². The minimum atomic E-state index is -1.42. The number of carbonyl (C=O) groups excluding carboxylic acids is 4. The summed E-state index contributed by atoms with van der Waals surface area (Å²) < 4.78 is 0. The zero-order valence-corrected chi connectivity index (χ0v) is 19.0. The second-order valence-corrected chi connectivity index (χ2v) is 7.96. The topological polar surface area (TPSA) is 194 Å². The molecule has 0 spiro atoms. The molecule has 0 aromatic heterocycles. The Bertz CT molecular complexity index is 847. The molecule has 1 aromatic carbocycles. The lowest BCUT2D eigenvalue weighted by Gasteiger charge is -2.25. The van der Waals surface area contributed by atoms with Gasteiger partial charge in [0.1, 0.15) is 18.1 Å². The number of amides is 4. The van der Waals surface area contributed by atoms with Gasteiger partial charge in [-0.3, -0.25) is 24.0 Å². The summed E-state index contributed by atoms with van der Waals surface area (Å²) in [6.07, 6.45) is 0.205. The van der Waals surface area contributed by atoms with Crippen LogP contribution in [0.25, 0.3) is 0 Å². The number of benzene rings is 1. The Labute approximate surface area is 192 Å². The molecule has 4 amide bonds. The molecular formula is C22H33N5O6. The molecule has 33 heavy (non-hydrogen) atoms. The Kier molecular flexibility index (Phi) is 11.0. The minimum Gasteiger partial charge on any atom is -0.480 e. The van der Waals surface area contributed by atoms with Crippen molar-refractivity contribution in [3.63, 3.8) is 0 Å². The number of nitrogens with one attached hydrogen (secondary N) is 3. The Morgan fingerprint density at radius 1 is 0.909 bits per heavy atom. The van der Waals surface area contributed by atoms with Gasteiger partial charge >= 0.3 is 5.97 Å². The van der Waals surface area contributed by atoms with Gasteiger partial charge in [0.25, 0.3) is 0 Å². The zero-order chi connectivity index (χ0) is 25.1. The summed E-state index contributed by atoms with van der Waals surface area (Å²) in [5.41, 5.74) is 11.9. The molecule has 1 aromatic rings. The van der Waals surface area contributed by atoms with E-state index in [4.69, 9.17) is 16.6 Å². The van der Waals surface area contributed by atoms with Crippen molar-refractivity contribution >= 4 is 29.6 Å². The maximum Gasteiger partial charge on any atom is 0.325 e. The first kappa shape index (κ1) is 27.6. The van der Waals surface area contributed by atoms with E-state index >= 15 is 0 Å². The molecule has 11 heteroatoms. The highest BCUT2D eigenvalue weighted by Gasteiger charge is 2.31. The van der Waals surface area contributed by atoms with Crippen LogP contribution in [0.4, 0.5) is 0 Å². The number of nitrogens with two attached hydrogens (primary N) is 2. The normalized spacial score (nSPS) is 15.3. The van der Waals surface area contributed by atoms with Gasteiger partial charge in [-0.1, -0.05) is 50.6 Å². The number of rotatable bonds is 13. The summed E-state index contributed by atoms with van der Waals surface area (Å²) >= 11 is 0. The highest BCUT2D eigenvalue weighted by molar-refractivity contribution is 5.96. The van der Waals surface area contributed by atoms with Gasteiger partial charge in [-0.25, -0.2) is 0 Å². The van der Waals surface area contributed by atoms with E-state index in [1.807, 2.05) is 13.8 Å². The summed E-state index contributed by atoms with van der Waals surface area (Å²) in [6, 6.07) is 4.26. The van der Waals surface area contributed by atoms with Crippen LogP contribution in [0.2, 0.25) is 0 Å². The van der Waals surface area contributed by atoms with Gasteiger partial charge in [0.2, 0.25) is 23.6 Å². The first-order valence-electron chi connectivity index (χ1n) is 10.7. The van der Waals surface area contributed by atoms with Crippen molar-refractivity contribution < 1.29 is 29.1 Å². The number of hydrogen-bond donors (Lipinski definition) is 6. The van der Waals surface area contributed by atoms with Gasteiger partial charge in [-0.05, 0) is 18.4 Å². The lowest BCUT2D eigenvalue weighted by atomic mass is 9.98. The van der Waals surface area contributed by atoms with Crippen molar-refractivity contribution in [2.75, 3.05) is 0 Å². The van der Waals surface area contributed by atoms with Crippen LogP contribution in [0.1, 0.15) is 39.2 Å². The molecule has 11 nitrogen and oxygen atoms in total. The SMILES string of the molecule is CCC(C)C(N)C(=O)NC(Cc1ccccc1)C(=O)NC(CC(N)=O)C(=O)NC(C)C(=O)O. The average molecular weight is 464 g/mol. The van der Waals surface area contributed by atoms with E-state index in [2.05, 4.69) is 16.0 Å². The Morgan fingerprint density at radius 3 is 1.97 bits per heavy atom. The number of carboxylic acid groups (broad SMARTS) is 1. The molecule has 0 aliphatic heterocycles. The van der Waals surface area contributed by atoms with E-state index in [9.17, 15) is 24.0 Å². The van der Waals surface area contributed by atoms with E-state index in [1.54, 1.807) is 30.3 Å². The summed E-state index contributed by atoms with van der Waals surface area (Å²) in [4.78, 5) is 60.6. The fourth-order valence-electron chi connectivity index (χ4n) is 2.90. The Balaban J connectivity index is 3.08. The first-order chi connectivity index (χ1) is 15.5. The van der Waals surface area contributed by atoms with Gasteiger partial charge in [0.05, 0.1) is 12.5 Å². The molecule has 182 valence electrons. The van der Waals surface area contributed by atoms with Crippen molar-refractivity contribution in [1.29, 1.82) is 0 Å². The predicted molar refractivity (Wildman–Crippen MR) is 120 cm³/mol. The highest BCUT2D eigenvalue weighted by Crippen LogP contribution is 2.08. The molecule has 0 heterocycles. The van der Waals surface area contributed by atoms with Crippen LogP contribution in [0, 0.1) is 5.92 Å². The molecule has 0 aliphatic rings. The van der Waals surface area contributed by atoms with Crippen molar-refractivity contribution in [2.45, 2.75) is 64.2 Å². The Hall–Kier alpha value is -3.47. The van der Waals surface area contributed by atoms with Crippen molar-refractivity contribution in [3.05, 3.63) is 35.9 Å². The predicted octanol–water partition coefficient (Wildman–Crippen LogP) is -0.963. The van der Waals surface area contributed by atoms with Crippen LogP contribution in [-0.2, 0) is 30.4 Å². The molecule has 0 aliphatic carbocycles. The fourth-order valence-corrected chi connectivity index (χ4v) is 2.90. The number of aliphatic carboxylic acids is 1. The third-order valence-corrected chi connectivity index (χ3v) is 5.24. The van der Waals surface area contributed by atoms with Crippen LogP contribution in [0.3, 0.4) is 0 Å². The third-order valence-electron chi connectivity index (χ3n) is 5.24. The molecule has 0 fully saturated rings. The second-order valence-electron chi connectivity index (χ2n) is 7.96. The number of hydrogen-bond acceptors (Lipinski definition) is 6. The number of carboxylic acids is 1. The van der Waals surface area contributed by atoms with Crippen LogP contribution in [0.5, 0.6) is 0 Å². The first-order valence-corrected chi connectivity index (χ1v) is 10.7. The standard InChI is InChI=1S/C22H33N5O6/c1-4-12(2)18(24)21(31)27-15(10-14-8-6-5-7-9-14)20(30)26-16(11-17(23)28)19(29)25-13(3)22(32)33/h5-9,12-13,15-16,18H,4,10-11,24H2,1-3H3,(H2,23,28)(H,25,29)(H,26,30)(H,27,31)(H,32,33). The average Bonchev–Trinajstić information content (AvgIpc) is 2.77. The molecule has 5 atom stereocenters. The quantitative estimate of drug-likeness (QED) is 0.217. The monoisotopic (exact) mass is 463 g/mol. The van der Waals surface area contributed by atoms with Gasteiger partial charge in [-0.15, -0.1) is 0 Å². The fraction of sp³-hybridized carbons (Fsp3) is 0.500. The molecule has 5 unspecified atom stereocenters. The number of primary amides is 1. The third kappa shape index (κ3) is 9.27. The van der Waals surface area contributed by atoms with Crippen molar-refractivity contribution in [3.8, 4) is 0 Å². The van der Waals surface area contributed by atoms with E-state index in [1.165, 1.54) is 6.92 Å². The van der Waals surface area contributed by atoms with E-state index in [-0.39, 0.29) is 12.3 Å². The molecule has 0 bridgehead atoms. The van der Waals surface area contributed by atoms with Crippen molar-refractivity contribution in [2.24, 2.45) is 17.4 Å². The second kappa shape index (κ2) is 13.2. The van der Waals surface area contributed by atoms with Crippen LogP contribution in [-0.4, -0.2) is 58.9 Å². The van der Waals surface area contributed by atoms with Gasteiger partial charge in [0.15, 0.2) is 0 Å². The molecule has 0 saturated carbocycles. The molecule has 1 rings (SSSR count). The van der Waals surface area contributed by atoms with E-state index in [0.29, 0.717) is 6.42 Å². The van der Waals surface area contributed by atoms with Gasteiger partial charge < -0.3 is 32.5 Å². The molecule has 0 saturated heterocycles. The number of carbonyl (C=O) groups is 5. The van der Waals surface area contributed by atoms with Crippen molar-refractivity contribution in [1.82, 2.24) is 16.0 Å². The zero-order valence-electron chi connectivity index (χ0n) is 19.0. The summed E-state index contributed by atoms with van der Waals surface area (Å²) in [6.45, 7) is 4.93. The summed E-state index contributed by atoms with van der Waals surface area (Å²) in [5, 5.41) is 16.2. The summed E-state index contributed by atoms with van der Waals surface area (Å²) in [5.74, 6) is -4.46. The summed E-state index contributed by atoms with van der Waals surface area (Å²) in [7, 11) is 0. The van der Waals surface area contributed by atoms with Crippen LogP contribution in [0.15, 0.2) is 30.3 Å². The smallest absolute Gasteiger partial charge is 0.325 e. The largest absolute Gasteiger partial charge is 0.480 e. The maximum absolute atomic E-state index is 13.0. The lowest BCUT2D eigenvalue weighted by molar-refractivity contribution is -0.142. The minimum absolute atomic E-state index is 0.0993. The molecular weight excluding hydrogens is 430 g/mol.